The van der Waals surface area contributed by atoms with E-state index in [1.807, 2.05) is 12.1 Å². The molecule has 0 aliphatic carbocycles. The molecular weight excluding hydrogens is 263 g/mol. The average Bonchev–Trinajstić information content (AvgIpc) is 2.98. The van der Waals surface area contributed by atoms with Crippen LogP contribution >= 0.6 is 0 Å². The van der Waals surface area contributed by atoms with Crippen LogP contribution in [0.25, 0.3) is 0 Å². The molecule has 118 valence electrons. The first-order valence-corrected chi connectivity index (χ1v) is 8.29. The molecule has 1 aliphatic heterocycles. The predicted molar refractivity (Wildman–Crippen MR) is 86.6 cm³/mol. The van der Waals surface area contributed by atoms with Gasteiger partial charge in [-0.25, -0.2) is 4.39 Å². The maximum absolute atomic E-state index is 14.4. The van der Waals surface area contributed by atoms with Gasteiger partial charge in [0.15, 0.2) is 0 Å². The zero-order valence-corrected chi connectivity index (χ0v) is 13.6. The molecule has 0 saturated carbocycles. The Morgan fingerprint density at radius 1 is 1.24 bits per heavy atom. The Balaban J connectivity index is 2.45. The molecule has 2 unspecified atom stereocenters. The minimum Gasteiger partial charge on any atom is -0.320 e. The van der Waals surface area contributed by atoms with Crippen LogP contribution in [0.4, 0.5) is 4.39 Å². The maximum atomic E-state index is 14.4. The SMILES string of the molecule is CCCC(N1CCCC1)C(N)(c1ccccc1F)C(C)C. The molecule has 0 aromatic heterocycles. The molecule has 1 fully saturated rings. The van der Waals surface area contributed by atoms with Gasteiger partial charge >= 0.3 is 0 Å². The molecular formula is C18H29FN2. The summed E-state index contributed by atoms with van der Waals surface area (Å²) in [6, 6.07) is 7.25. The molecule has 2 rings (SSSR count). The molecule has 2 nitrogen and oxygen atoms in total. The molecule has 1 heterocycles. The number of likely N-dealkylation sites (tertiary alicyclic amines) is 1. The molecule has 1 saturated heterocycles. The van der Waals surface area contributed by atoms with E-state index in [-0.39, 0.29) is 17.8 Å². The molecule has 2 N–H and O–H groups in total. The fourth-order valence-corrected chi connectivity index (χ4v) is 3.74. The number of benzene rings is 1. The molecule has 1 aromatic carbocycles. The predicted octanol–water partition coefficient (Wildman–Crippen LogP) is 3.90. The molecule has 1 aliphatic rings. The van der Waals surface area contributed by atoms with Crippen molar-refractivity contribution in [3.8, 4) is 0 Å². The number of nitrogens with two attached hydrogens (primary N) is 1. The highest BCUT2D eigenvalue weighted by molar-refractivity contribution is 5.29. The lowest BCUT2D eigenvalue weighted by molar-refractivity contribution is 0.0970. The Hall–Kier alpha value is -0.930. The van der Waals surface area contributed by atoms with Gasteiger partial charge < -0.3 is 5.73 Å². The van der Waals surface area contributed by atoms with Crippen molar-refractivity contribution in [1.29, 1.82) is 0 Å². The first-order chi connectivity index (χ1) is 10.0. The Morgan fingerprint density at radius 2 is 1.86 bits per heavy atom. The molecule has 0 amide bonds. The van der Waals surface area contributed by atoms with Crippen LogP contribution in [0.5, 0.6) is 0 Å². The smallest absolute Gasteiger partial charge is 0.128 e. The zero-order valence-electron chi connectivity index (χ0n) is 13.6. The highest BCUT2D eigenvalue weighted by Crippen LogP contribution is 2.38. The van der Waals surface area contributed by atoms with Crippen LogP contribution in [0.15, 0.2) is 24.3 Å². The largest absolute Gasteiger partial charge is 0.320 e. The van der Waals surface area contributed by atoms with Crippen molar-refractivity contribution in [2.45, 2.75) is 58.0 Å². The molecule has 0 bridgehead atoms. The first kappa shape index (κ1) is 16.4. The lowest BCUT2D eigenvalue weighted by Crippen LogP contribution is -2.59. The summed E-state index contributed by atoms with van der Waals surface area (Å²) in [6.07, 6.45) is 4.54. The maximum Gasteiger partial charge on any atom is 0.128 e. The van der Waals surface area contributed by atoms with Crippen molar-refractivity contribution in [2.24, 2.45) is 11.7 Å². The van der Waals surface area contributed by atoms with E-state index in [2.05, 4.69) is 25.7 Å². The number of hydrogen-bond acceptors (Lipinski definition) is 2. The van der Waals surface area contributed by atoms with Crippen LogP contribution in [-0.4, -0.2) is 24.0 Å². The second-order valence-corrected chi connectivity index (χ2v) is 6.62. The topological polar surface area (TPSA) is 29.3 Å². The van der Waals surface area contributed by atoms with Crippen LogP contribution in [0.1, 0.15) is 52.0 Å². The minimum atomic E-state index is -0.633. The Kier molecular flexibility index (Phi) is 5.39. The van der Waals surface area contributed by atoms with Crippen LogP contribution in [0.3, 0.4) is 0 Å². The Morgan fingerprint density at radius 3 is 2.38 bits per heavy atom. The van der Waals surface area contributed by atoms with Gasteiger partial charge in [-0.15, -0.1) is 0 Å². The lowest BCUT2D eigenvalue weighted by Gasteiger charge is -2.46. The van der Waals surface area contributed by atoms with E-state index in [1.54, 1.807) is 6.07 Å². The third-order valence-corrected chi connectivity index (χ3v) is 4.99. The summed E-state index contributed by atoms with van der Waals surface area (Å²) in [5.41, 5.74) is 6.93. The normalized spacial score (nSPS) is 20.7. The van der Waals surface area contributed by atoms with Crippen LogP contribution in [-0.2, 0) is 5.54 Å². The molecule has 1 aromatic rings. The van der Waals surface area contributed by atoms with Crippen LogP contribution in [0.2, 0.25) is 0 Å². The Bertz CT molecular complexity index is 454. The monoisotopic (exact) mass is 292 g/mol. The third-order valence-electron chi connectivity index (χ3n) is 4.99. The van der Waals surface area contributed by atoms with E-state index in [1.165, 1.54) is 18.9 Å². The lowest BCUT2D eigenvalue weighted by atomic mass is 9.72. The summed E-state index contributed by atoms with van der Waals surface area (Å²) in [4.78, 5) is 2.48. The van der Waals surface area contributed by atoms with Crippen molar-refractivity contribution in [3.05, 3.63) is 35.6 Å². The second kappa shape index (κ2) is 6.89. The molecule has 3 heteroatoms. The number of rotatable bonds is 6. The standard InChI is InChI=1S/C18H29FN2/c1-4-9-17(21-12-7-8-13-21)18(20,14(2)3)15-10-5-6-11-16(15)19/h5-6,10-11,14,17H,4,7-9,12-13,20H2,1-3H3. The summed E-state index contributed by atoms with van der Waals surface area (Å²) in [6.45, 7) is 8.59. The van der Waals surface area contributed by atoms with Gasteiger partial charge in [0.05, 0.1) is 5.54 Å². The summed E-state index contributed by atoms with van der Waals surface area (Å²) >= 11 is 0. The van der Waals surface area contributed by atoms with Gasteiger partial charge in [-0.1, -0.05) is 45.4 Å². The number of hydrogen-bond donors (Lipinski definition) is 1. The van der Waals surface area contributed by atoms with E-state index in [4.69, 9.17) is 5.73 Å². The summed E-state index contributed by atoms with van der Waals surface area (Å²) < 4.78 is 14.4. The van der Waals surface area contributed by atoms with Gasteiger partial charge in [0.25, 0.3) is 0 Å². The molecule has 21 heavy (non-hydrogen) atoms. The summed E-state index contributed by atoms with van der Waals surface area (Å²) in [7, 11) is 0. The summed E-state index contributed by atoms with van der Waals surface area (Å²) in [5.74, 6) is 0.0144. The van der Waals surface area contributed by atoms with Crippen molar-refractivity contribution < 1.29 is 4.39 Å². The minimum absolute atomic E-state index is 0.172. The fraction of sp³-hybridized carbons (Fsp3) is 0.667. The molecule has 2 atom stereocenters. The van der Waals surface area contributed by atoms with Crippen LogP contribution < -0.4 is 5.73 Å². The van der Waals surface area contributed by atoms with E-state index < -0.39 is 5.54 Å². The quantitative estimate of drug-likeness (QED) is 0.861. The highest BCUT2D eigenvalue weighted by atomic mass is 19.1. The Labute approximate surface area is 128 Å². The van der Waals surface area contributed by atoms with Crippen molar-refractivity contribution >= 4 is 0 Å². The third kappa shape index (κ3) is 3.14. The number of halogens is 1. The van der Waals surface area contributed by atoms with Gasteiger partial charge in [-0.2, -0.15) is 0 Å². The van der Waals surface area contributed by atoms with E-state index >= 15 is 0 Å². The van der Waals surface area contributed by atoms with Crippen LogP contribution in [0, 0.1) is 11.7 Å². The molecule has 0 spiro atoms. The van der Waals surface area contributed by atoms with E-state index in [0.29, 0.717) is 5.56 Å². The van der Waals surface area contributed by atoms with Gasteiger partial charge in [-0.05, 0) is 44.3 Å². The van der Waals surface area contributed by atoms with Crippen molar-refractivity contribution in [3.63, 3.8) is 0 Å². The van der Waals surface area contributed by atoms with Gasteiger partial charge in [0.2, 0.25) is 0 Å². The van der Waals surface area contributed by atoms with Crippen molar-refractivity contribution in [1.82, 2.24) is 4.90 Å². The fourth-order valence-electron chi connectivity index (χ4n) is 3.74. The summed E-state index contributed by atoms with van der Waals surface area (Å²) in [5, 5.41) is 0. The van der Waals surface area contributed by atoms with Crippen molar-refractivity contribution in [2.75, 3.05) is 13.1 Å². The van der Waals surface area contributed by atoms with Gasteiger partial charge in [-0.3, -0.25) is 4.90 Å². The van der Waals surface area contributed by atoms with Gasteiger partial charge in [0.1, 0.15) is 5.82 Å². The van der Waals surface area contributed by atoms with Gasteiger partial charge in [0, 0.05) is 11.6 Å². The highest BCUT2D eigenvalue weighted by Gasteiger charge is 2.44. The van der Waals surface area contributed by atoms with E-state index in [9.17, 15) is 4.39 Å². The number of nitrogens with zero attached hydrogens (tertiary/aromatic N) is 1. The zero-order chi connectivity index (χ0) is 15.5. The second-order valence-electron chi connectivity index (χ2n) is 6.62. The first-order valence-electron chi connectivity index (χ1n) is 8.29. The van der Waals surface area contributed by atoms with E-state index in [0.717, 1.165) is 25.9 Å². The molecule has 0 radical (unpaired) electrons. The average molecular weight is 292 g/mol.